The van der Waals surface area contributed by atoms with Gasteiger partial charge < -0.3 is 20.5 Å². The van der Waals surface area contributed by atoms with Crippen LogP contribution in [-0.4, -0.2) is 42.2 Å². The van der Waals surface area contributed by atoms with Crippen LogP contribution in [0.1, 0.15) is 18.5 Å². The Hall–Kier alpha value is -3.00. The van der Waals surface area contributed by atoms with Gasteiger partial charge in [-0.15, -0.1) is 0 Å². The summed E-state index contributed by atoms with van der Waals surface area (Å²) < 4.78 is 34.7. The molecule has 0 aliphatic carbocycles. The van der Waals surface area contributed by atoms with Crippen LogP contribution in [-0.2, 0) is 14.3 Å². The van der Waals surface area contributed by atoms with Gasteiger partial charge >= 0.3 is 11.9 Å². The number of nitrogens with one attached hydrogen (secondary N) is 2. The molecule has 1 amide bonds. The van der Waals surface area contributed by atoms with E-state index in [1.165, 1.54) is 19.1 Å². The second-order valence-electron chi connectivity index (χ2n) is 6.19. The summed E-state index contributed by atoms with van der Waals surface area (Å²) in [7, 11) is 1.03. The minimum Gasteiger partial charge on any atom is -0.467 e. The highest BCUT2D eigenvalue weighted by molar-refractivity contribution is 5.90. The molecular weight excluding hydrogens is 370 g/mol. The molecule has 0 radical (unpaired) electrons. The first-order chi connectivity index (χ1) is 13.3. The molecule has 0 aliphatic rings. The number of ether oxygens (including phenoxy) is 1. The number of esters is 1. The number of para-hydroxylation sites is 1. The lowest BCUT2D eigenvalue weighted by atomic mass is 9.98. The monoisotopic (exact) mass is 392 g/mol. The average molecular weight is 392 g/mol. The van der Waals surface area contributed by atoms with E-state index in [1.54, 1.807) is 48.5 Å². The Labute approximate surface area is 161 Å². The van der Waals surface area contributed by atoms with Crippen LogP contribution >= 0.6 is 0 Å². The van der Waals surface area contributed by atoms with Gasteiger partial charge in [-0.2, -0.15) is 8.78 Å². The van der Waals surface area contributed by atoms with Crippen LogP contribution < -0.4 is 10.6 Å². The van der Waals surface area contributed by atoms with E-state index in [0.29, 0.717) is 5.69 Å². The molecule has 2 rings (SSSR count). The quantitative estimate of drug-likeness (QED) is 0.601. The molecule has 28 heavy (non-hydrogen) atoms. The molecule has 3 atom stereocenters. The Kier molecular flexibility index (Phi) is 7.06. The van der Waals surface area contributed by atoms with Gasteiger partial charge in [0.15, 0.2) is 6.04 Å². The number of hydrogen-bond donors (Lipinski definition) is 3. The number of halogens is 2. The van der Waals surface area contributed by atoms with Crippen LogP contribution in [0.25, 0.3) is 0 Å². The molecule has 6 nitrogen and oxygen atoms in total. The summed E-state index contributed by atoms with van der Waals surface area (Å²) in [5.74, 6) is -6.68. The van der Waals surface area contributed by atoms with Gasteiger partial charge in [0.2, 0.25) is 0 Å². The first-order valence-corrected chi connectivity index (χ1v) is 8.58. The maximum atomic E-state index is 15.1. The number of methoxy groups -OCH3 is 1. The molecule has 0 saturated heterocycles. The molecule has 0 fully saturated rings. The highest BCUT2D eigenvalue weighted by atomic mass is 19.3. The molecule has 2 aromatic rings. The summed E-state index contributed by atoms with van der Waals surface area (Å²) in [6.45, 7) is 1.19. The summed E-state index contributed by atoms with van der Waals surface area (Å²) in [6, 6.07) is 12.7. The van der Waals surface area contributed by atoms with Gasteiger partial charge in [-0.05, 0) is 24.6 Å². The molecule has 0 aromatic heterocycles. The maximum absolute atomic E-state index is 15.1. The number of carbonyl (C=O) groups is 2. The van der Waals surface area contributed by atoms with E-state index in [1.807, 2.05) is 5.32 Å². The van der Waals surface area contributed by atoms with Gasteiger partial charge in [0.05, 0.1) is 13.2 Å². The zero-order valence-electron chi connectivity index (χ0n) is 15.4. The maximum Gasteiger partial charge on any atom is 0.348 e. The molecule has 8 heteroatoms. The van der Waals surface area contributed by atoms with E-state index in [-0.39, 0.29) is 5.56 Å². The zero-order valence-corrected chi connectivity index (χ0v) is 15.4. The number of aliphatic hydroxyl groups excluding tert-OH is 1. The average Bonchev–Trinajstić information content (AvgIpc) is 2.70. The van der Waals surface area contributed by atoms with E-state index in [4.69, 9.17) is 0 Å². The standard InChI is InChI=1S/C20H22F2N2O4/c1-13(25)16(18(26)28-2)24-19(27)20(21,22)17(14-9-5-3-6-10-14)23-15-11-7-4-8-12-15/h3-13,16-17,23,25H,1-2H3,(H,24,27)/t13-,16+,17?/m1/s1. The van der Waals surface area contributed by atoms with Gasteiger partial charge in [0.1, 0.15) is 6.04 Å². The summed E-state index contributed by atoms with van der Waals surface area (Å²) in [4.78, 5) is 24.1. The number of amides is 1. The molecule has 2 aromatic carbocycles. The van der Waals surface area contributed by atoms with E-state index < -0.39 is 36.0 Å². The molecule has 0 heterocycles. The Balaban J connectivity index is 2.34. The van der Waals surface area contributed by atoms with Crippen molar-refractivity contribution in [3.05, 3.63) is 66.2 Å². The highest BCUT2D eigenvalue weighted by Crippen LogP contribution is 2.35. The van der Waals surface area contributed by atoms with Crippen molar-refractivity contribution in [3.63, 3.8) is 0 Å². The SMILES string of the molecule is COC(=O)[C@@H](NC(=O)C(F)(F)C(Nc1ccccc1)c1ccccc1)[C@@H](C)O. The van der Waals surface area contributed by atoms with E-state index in [2.05, 4.69) is 10.1 Å². The minimum atomic E-state index is -3.95. The zero-order chi connectivity index (χ0) is 20.7. The third-order valence-corrected chi connectivity index (χ3v) is 4.11. The number of carbonyl (C=O) groups excluding carboxylic acids is 2. The van der Waals surface area contributed by atoms with Crippen molar-refractivity contribution < 1.29 is 28.2 Å². The molecule has 150 valence electrons. The van der Waals surface area contributed by atoms with Gasteiger partial charge in [0.25, 0.3) is 5.91 Å². The van der Waals surface area contributed by atoms with Crippen molar-refractivity contribution >= 4 is 17.6 Å². The number of anilines is 1. The summed E-state index contributed by atoms with van der Waals surface area (Å²) in [6.07, 6.45) is -1.41. The van der Waals surface area contributed by atoms with Crippen molar-refractivity contribution in [1.82, 2.24) is 5.32 Å². The highest BCUT2D eigenvalue weighted by Gasteiger charge is 2.49. The van der Waals surface area contributed by atoms with Crippen molar-refractivity contribution in [3.8, 4) is 0 Å². The Morgan fingerprint density at radius 1 is 1.04 bits per heavy atom. The van der Waals surface area contributed by atoms with Gasteiger partial charge in [-0.1, -0.05) is 48.5 Å². The van der Waals surface area contributed by atoms with Crippen molar-refractivity contribution in [2.24, 2.45) is 0 Å². The fourth-order valence-corrected chi connectivity index (χ4v) is 2.60. The molecule has 1 unspecified atom stereocenters. The Morgan fingerprint density at radius 3 is 2.07 bits per heavy atom. The minimum absolute atomic E-state index is 0.179. The van der Waals surface area contributed by atoms with Crippen LogP contribution in [0.15, 0.2) is 60.7 Å². The van der Waals surface area contributed by atoms with Crippen molar-refractivity contribution in [1.29, 1.82) is 0 Å². The number of alkyl halides is 2. The lowest BCUT2D eigenvalue weighted by Gasteiger charge is -2.30. The fourth-order valence-electron chi connectivity index (χ4n) is 2.60. The van der Waals surface area contributed by atoms with Crippen LogP contribution in [0, 0.1) is 0 Å². The van der Waals surface area contributed by atoms with Crippen LogP contribution in [0.2, 0.25) is 0 Å². The molecular formula is C20H22F2N2O4. The smallest absolute Gasteiger partial charge is 0.348 e. The number of aliphatic hydroxyl groups is 1. The lowest BCUT2D eigenvalue weighted by molar-refractivity contribution is -0.156. The third-order valence-electron chi connectivity index (χ3n) is 4.11. The molecule has 0 bridgehead atoms. The Morgan fingerprint density at radius 2 is 1.57 bits per heavy atom. The normalized spacial score (nSPS) is 14.5. The van der Waals surface area contributed by atoms with Crippen LogP contribution in [0.5, 0.6) is 0 Å². The van der Waals surface area contributed by atoms with E-state index >= 15 is 8.78 Å². The topological polar surface area (TPSA) is 87.7 Å². The molecule has 3 N–H and O–H groups in total. The second kappa shape index (κ2) is 9.27. The van der Waals surface area contributed by atoms with Gasteiger partial charge in [0, 0.05) is 5.69 Å². The first kappa shape index (κ1) is 21.3. The third kappa shape index (κ3) is 5.04. The second-order valence-corrected chi connectivity index (χ2v) is 6.19. The molecule has 0 saturated carbocycles. The first-order valence-electron chi connectivity index (χ1n) is 8.58. The molecule has 0 aliphatic heterocycles. The van der Waals surface area contributed by atoms with Gasteiger partial charge in [-0.3, -0.25) is 4.79 Å². The van der Waals surface area contributed by atoms with Crippen LogP contribution in [0.3, 0.4) is 0 Å². The molecule has 0 spiro atoms. The predicted octanol–water partition coefficient (Wildman–Crippen LogP) is 2.51. The van der Waals surface area contributed by atoms with Gasteiger partial charge in [-0.25, -0.2) is 4.79 Å². The fraction of sp³-hybridized carbons (Fsp3) is 0.300. The van der Waals surface area contributed by atoms with Crippen molar-refractivity contribution in [2.45, 2.75) is 31.0 Å². The number of hydrogen-bond acceptors (Lipinski definition) is 5. The Bertz CT molecular complexity index is 785. The van der Waals surface area contributed by atoms with E-state index in [9.17, 15) is 14.7 Å². The number of rotatable bonds is 8. The van der Waals surface area contributed by atoms with Crippen molar-refractivity contribution in [2.75, 3.05) is 12.4 Å². The summed E-state index contributed by atoms with van der Waals surface area (Å²) in [5, 5.41) is 14.2. The number of benzene rings is 2. The summed E-state index contributed by atoms with van der Waals surface area (Å²) in [5.41, 5.74) is 0.571. The largest absolute Gasteiger partial charge is 0.467 e. The van der Waals surface area contributed by atoms with Crippen LogP contribution in [0.4, 0.5) is 14.5 Å². The summed E-state index contributed by atoms with van der Waals surface area (Å²) >= 11 is 0. The van der Waals surface area contributed by atoms with E-state index in [0.717, 1.165) is 7.11 Å². The lowest BCUT2D eigenvalue weighted by Crippen LogP contribution is -2.55. The predicted molar refractivity (Wildman–Crippen MR) is 99.8 cm³/mol.